The quantitative estimate of drug-likeness (QED) is 0.732. The van der Waals surface area contributed by atoms with Gasteiger partial charge in [0.05, 0.1) is 6.10 Å². The Morgan fingerprint density at radius 1 is 1.19 bits per heavy atom. The molecule has 0 unspecified atom stereocenters. The van der Waals surface area contributed by atoms with Gasteiger partial charge in [0.1, 0.15) is 6.61 Å². The molecule has 1 rings (SSSR count). The van der Waals surface area contributed by atoms with Gasteiger partial charge in [-0.15, -0.1) is 0 Å². The Hall–Kier alpha value is -0.370. The van der Waals surface area contributed by atoms with E-state index in [1.807, 2.05) is 6.92 Å². The second-order valence-electron chi connectivity index (χ2n) is 6.04. The van der Waals surface area contributed by atoms with E-state index in [0.29, 0.717) is 24.5 Å². The predicted molar refractivity (Wildman–Crippen MR) is 66.5 cm³/mol. The van der Waals surface area contributed by atoms with Crippen LogP contribution in [0.4, 0.5) is 0 Å². The molecule has 0 atom stereocenters. The van der Waals surface area contributed by atoms with E-state index in [-0.39, 0.29) is 5.78 Å². The lowest BCUT2D eigenvalue weighted by Gasteiger charge is -2.36. The third kappa shape index (κ3) is 4.25. The summed E-state index contributed by atoms with van der Waals surface area (Å²) in [6, 6.07) is 0. The maximum absolute atomic E-state index is 11.2. The van der Waals surface area contributed by atoms with Gasteiger partial charge in [-0.3, -0.25) is 4.79 Å². The van der Waals surface area contributed by atoms with Crippen molar-refractivity contribution in [1.82, 2.24) is 0 Å². The van der Waals surface area contributed by atoms with Gasteiger partial charge in [0.25, 0.3) is 0 Å². The standard InChI is InChI=1S/C14H26O2/c1-5-12(15)10-16-13-8-6-11(7-9-13)14(2,3)4/h11,13H,5-10H2,1-4H3. The van der Waals surface area contributed by atoms with Crippen LogP contribution in [0.1, 0.15) is 59.8 Å². The largest absolute Gasteiger partial charge is 0.370 e. The molecule has 16 heavy (non-hydrogen) atoms. The van der Waals surface area contributed by atoms with Crippen LogP contribution in [0.2, 0.25) is 0 Å². The lowest BCUT2D eigenvalue weighted by atomic mass is 9.72. The van der Waals surface area contributed by atoms with Gasteiger partial charge in [-0.25, -0.2) is 0 Å². The first-order valence-electron chi connectivity index (χ1n) is 6.56. The van der Waals surface area contributed by atoms with Gasteiger partial charge < -0.3 is 4.74 Å². The van der Waals surface area contributed by atoms with Crippen molar-refractivity contribution in [3.63, 3.8) is 0 Å². The van der Waals surface area contributed by atoms with Crippen LogP contribution in [0.3, 0.4) is 0 Å². The van der Waals surface area contributed by atoms with Crippen LogP contribution >= 0.6 is 0 Å². The Morgan fingerprint density at radius 2 is 1.75 bits per heavy atom. The van der Waals surface area contributed by atoms with E-state index in [9.17, 15) is 4.79 Å². The molecule has 0 heterocycles. The number of carbonyl (C=O) groups is 1. The van der Waals surface area contributed by atoms with Crippen LogP contribution in [0.5, 0.6) is 0 Å². The number of carbonyl (C=O) groups excluding carboxylic acids is 1. The molecule has 1 aliphatic rings. The molecular weight excluding hydrogens is 200 g/mol. The van der Waals surface area contributed by atoms with E-state index in [1.54, 1.807) is 0 Å². The highest BCUT2D eigenvalue weighted by Crippen LogP contribution is 2.38. The summed E-state index contributed by atoms with van der Waals surface area (Å²) >= 11 is 0. The van der Waals surface area contributed by atoms with E-state index < -0.39 is 0 Å². The van der Waals surface area contributed by atoms with E-state index in [4.69, 9.17) is 4.74 Å². The predicted octanol–water partition coefficient (Wildman–Crippen LogP) is 3.59. The van der Waals surface area contributed by atoms with E-state index >= 15 is 0 Å². The van der Waals surface area contributed by atoms with E-state index in [1.165, 1.54) is 12.8 Å². The van der Waals surface area contributed by atoms with Crippen molar-refractivity contribution in [3.05, 3.63) is 0 Å². The third-order valence-corrected chi connectivity index (χ3v) is 3.77. The normalized spacial score (nSPS) is 26.8. The van der Waals surface area contributed by atoms with Crippen LogP contribution in [-0.2, 0) is 9.53 Å². The summed E-state index contributed by atoms with van der Waals surface area (Å²) in [5.74, 6) is 1.03. The highest BCUT2D eigenvalue weighted by molar-refractivity contribution is 5.79. The SMILES string of the molecule is CCC(=O)COC1CCC(C(C)(C)C)CC1. The lowest BCUT2D eigenvalue weighted by Crippen LogP contribution is -2.30. The molecule has 0 aromatic rings. The van der Waals surface area contributed by atoms with Crippen LogP contribution < -0.4 is 0 Å². The van der Waals surface area contributed by atoms with Crippen molar-refractivity contribution in [3.8, 4) is 0 Å². The minimum absolute atomic E-state index is 0.220. The first kappa shape index (κ1) is 13.7. The van der Waals surface area contributed by atoms with Crippen molar-refractivity contribution in [2.24, 2.45) is 11.3 Å². The van der Waals surface area contributed by atoms with Gasteiger partial charge in [-0.1, -0.05) is 27.7 Å². The van der Waals surface area contributed by atoms with Crippen molar-refractivity contribution in [2.45, 2.75) is 65.9 Å². The number of hydrogen-bond donors (Lipinski definition) is 0. The van der Waals surface area contributed by atoms with Gasteiger partial charge in [-0.05, 0) is 37.0 Å². The monoisotopic (exact) mass is 226 g/mol. The van der Waals surface area contributed by atoms with Crippen molar-refractivity contribution < 1.29 is 9.53 Å². The highest BCUT2D eigenvalue weighted by atomic mass is 16.5. The molecule has 0 bridgehead atoms. The molecule has 1 fully saturated rings. The van der Waals surface area contributed by atoms with Gasteiger partial charge in [0, 0.05) is 6.42 Å². The average molecular weight is 226 g/mol. The summed E-state index contributed by atoms with van der Waals surface area (Å²) in [7, 11) is 0. The highest BCUT2D eigenvalue weighted by Gasteiger charge is 2.29. The maximum Gasteiger partial charge on any atom is 0.158 e. The summed E-state index contributed by atoms with van der Waals surface area (Å²) in [6.45, 7) is 9.17. The second kappa shape index (κ2) is 5.81. The van der Waals surface area contributed by atoms with Crippen molar-refractivity contribution in [1.29, 1.82) is 0 Å². The zero-order chi connectivity index (χ0) is 12.2. The van der Waals surface area contributed by atoms with E-state index in [0.717, 1.165) is 18.8 Å². The maximum atomic E-state index is 11.2. The van der Waals surface area contributed by atoms with Gasteiger partial charge in [0.2, 0.25) is 0 Å². The molecule has 1 saturated carbocycles. The fourth-order valence-corrected chi connectivity index (χ4v) is 2.41. The fraction of sp³-hybridized carbons (Fsp3) is 0.929. The van der Waals surface area contributed by atoms with Gasteiger partial charge >= 0.3 is 0 Å². The molecule has 0 aromatic carbocycles. The topological polar surface area (TPSA) is 26.3 Å². The average Bonchev–Trinajstić information content (AvgIpc) is 2.25. The minimum atomic E-state index is 0.220. The fourth-order valence-electron chi connectivity index (χ4n) is 2.41. The summed E-state index contributed by atoms with van der Waals surface area (Å²) in [5, 5.41) is 0. The number of rotatable bonds is 4. The Balaban J connectivity index is 2.25. The molecule has 94 valence electrons. The molecule has 0 amide bonds. The molecule has 0 N–H and O–H groups in total. The minimum Gasteiger partial charge on any atom is -0.370 e. The Labute approximate surface area is 99.8 Å². The molecule has 0 aromatic heterocycles. The number of ether oxygens (including phenoxy) is 1. The number of hydrogen-bond acceptors (Lipinski definition) is 2. The van der Waals surface area contributed by atoms with Crippen LogP contribution in [0.25, 0.3) is 0 Å². The second-order valence-corrected chi connectivity index (χ2v) is 6.04. The van der Waals surface area contributed by atoms with Crippen LogP contribution in [0, 0.1) is 11.3 Å². The van der Waals surface area contributed by atoms with Crippen molar-refractivity contribution >= 4 is 5.78 Å². The zero-order valence-electron chi connectivity index (χ0n) is 11.2. The number of Topliss-reactive ketones (excluding diaryl/α,β-unsaturated/α-hetero) is 1. The Bertz CT molecular complexity index is 219. The molecule has 0 radical (unpaired) electrons. The summed E-state index contributed by atoms with van der Waals surface area (Å²) in [5.41, 5.74) is 0.421. The Morgan fingerprint density at radius 3 is 2.19 bits per heavy atom. The third-order valence-electron chi connectivity index (χ3n) is 3.77. The summed E-state index contributed by atoms with van der Waals surface area (Å²) in [6.07, 6.45) is 5.66. The molecular formula is C14H26O2. The van der Waals surface area contributed by atoms with Gasteiger partial charge in [0.15, 0.2) is 5.78 Å². The molecule has 0 aliphatic heterocycles. The Kier molecular flexibility index (Phi) is 4.97. The lowest BCUT2D eigenvalue weighted by molar-refractivity contribution is -0.126. The molecule has 0 spiro atoms. The number of ketones is 1. The summed E-state index contributed by atoms with van der Waals surface area (Å²) < 4.78 is 5.65. The van der Waals surface area contributed by atoms with Gasteiger partial charge in [-0.2, -0.15) is 0 Å². The molecule has 2 heteroatoms. The summed E-state index contributed by atoms with van der Waals surface area (Å²) in [4.78, 5) is 11.2. The van der Waals surface area contributed by atoms with E-state index in [2.05, 4.69) is 20.8 Å². The zero-order valence-corrected chi connectivity index (χ0v) is 11.2. The van der Waals surface area contributed by atoms with Crippen LogP contribution in [-0.4, -0.2) is 18.5 Å². The first-order chi connectivity index (χ1) is 7.43. The smallest absolute Gasteiger partial charge is 0.158 e. The molecule has 1 aliphatic carbocycles. The molecule has 2 nitrogen and oxygen atoms in total. The first-order valence-corrected chi connectivity index (χ1v) is 6.56. The molecule has 0 saturated heterocycles. The van der Waals surface area contributed by atoms with Crippen molar-refractivity contribution in [2.75, 3.05) is 6.61 Å². The van der Waals surface area contributed by atoms with Crippen LogP contribution in [0.15, 0.2) is 0 Å².